The number of anilines is 1. The molecular weight excluding hydrogens is 376 g/mol. The van der Waals surface area contributed by atoms with E-state index in [0.29, 0.717) is 27.8 Å². The normalized spacial score (nSPS) is 14.6. The molecule has 0 bridgehead atoms. The van der Waals surface area contributed by atoms with Gasteiger partial charge in [0.2, 0.25) is 0 Å². The molecule has 28 heavy (non-hydrogen) atoms. The Bertz CT molecular complexity index is 1110. The van der Waals surface area contributed by atoms with Crippen molar-refractivity contribution >= 4 is 29.1 Å². The molecule has 7 heteroatoms. The maximum atomic E-state index is 11.4. The van der Waals surface area contributed by atoms with Gasteiger partial charge in [-0.15, -0.1) is 0 Å². The van der Waals surface area contributed by atoms with E-state index in [0.717, 1.165) is 11.3 Å². The quantitative estimate of drug-likeness (QED) is 0.680. The first-order chi connectivity index (χ1) is 13.4. The third-order valence-electron chi connectivity index (χ3n) is 4.64. The molecule has 0 amide bonds. The average Bonchev–Trinajstić information content (AvgIpc) is 2.68. The predicted octanol–water partition coefficient (Wildman–Crippen LogP) is 4.60. The number of hydrogen-bond donors (Lipinski definition) is 2. The van der Waals surface area contributed by atoms with Crippen LogP contribution in [0.25, 0.3) is 11.1 Å². The first-order valence-corrected chi connectivity index (χ1v) is 9.05. The Kier molecular flexibility index (Phi) is 4.35. The number of nitrogens with zero attached hydrogens (tertiary/aromatic N) is 3. The second kappa shape index (κ2) is 6.73. The van der Waals surface area contributed by atoms with E-state index in [1.54, 1.807) is 36.7 Å². The molecule has 2 N–H and O–H groups in total. The number of rotatable bonds is 3. The number of amidine groups is 1. The third kappa shape index (κ3) is 3.12. The molecule has 0 unspecified atom stereocenters. The Hall–Kier alpha value is -3.25. The summed E-state index contributed by atoms with van der Waals surface area (Å²) in [4.78, 5) is 25.0. The number of hydrogen-bond acceptors (Lipinski definition) is 5. The maximum absolute atomic E-state index is 11.4. The third-order valence-corrected chi connectivity index (χ3v) is 4.95. The van der Waals surface area contributed by atoms with Crippen LogP contribution in [-0.4, -0.2) is 26.9 Å². The summed E-state index contributed by atoms with van der Waals surface area (Å²) in [6.45, 7) is 4.00. The number of carboxylic acid groups (broad SMARTS) is 1. The number of para-hydroxylation sites is 1. The summed E-state index contributed by atoms with van der Waals surface area (Å²) in [6, 6.07) is 12.5. The molecule has 1 aromatic heterocycles. The van der Waals surface area contributed by atoms with Gasteiger partial charge in [0, 0.05) is 23.5 Å². The van der Waals surface area contributed by atoms with Crippen molar-refractivity contribution in [2.45, 2.75) is 19.4 Å². The number of carboxylic acids is 1. The Morgan fingerprint density at radius 3 is 2.50 bits per heavy atom. The van der Waals surface area contributed by atoms with Crippen molar-refractivity contribution in [2.75, 3.05) is 5.32 Å². The van der Waals surface area contributed by atoms with Crippen LogP contribution in [0, 0.1) is 0 Å². The standard InChI is InChI=1S/C21H17ClN4O2/c1-21(2)15-8-5-9-16(22)17(15)25-19(26-21)18-23-10-12(11-24-18)13-6-3-4-7-14(13)20(27)28/h3-11H,1-2H3,(H,25,26)(H,27,28). The molecule has 1 aliphatic rings. The van der Waals surface area contributed by atoms with Gasteiger partial charge in [-0.2, -0.15) is 0 Å². The highest BCUT2D eigenvalue weighted by Crippen LogP contribution is 2.39. The van der Waals surface area contributed by atoms with Crippen molar-refractivity contribution in [1.29, 1.82) is 0 Å². The minimum Gasteiger partial charge on any atom is -0.478 e. The molecule has 0 aliphatic carbocycles. The second-order valence-electron chi connectivity index (χ2n) is 6.95. The summed E-state index contributed by atoms with van der Waals surface area (Å²) < 4.78 is 0. The molecule has 4 rings (SSSR count). The van der Waals surface area contributed by atoms with Gasteiger partial charge >= 0.3 is 5.97 Å². The zero-order valence-corrected chi connectivity index (χ0v) is 16.0. The Balaban J connectivity index is 1.72. The van der Waals surface area contributed by atoms with Crippen LogP contribution >= 0.6 is 11.6 Å². The SMILES string of the molecule is CC1(C)N=C(c2ncc(-c3ccccc3C(=O)O)cn2)Nc2c(Cl)cccc21. The number of aromatic carboxylic acids is 1. The van der Waals surface area contributed by atoms with Crippen LogP contribution in [0.1, 0.15) is 35.6 Å². The second-order valence-corrected chi connectivity index (χ2v) is 7.36. The fourth-order valence-electron chi connectivity index (χ4n) is 3.26. The van der Waals surface area contributed by atoms with E-state index in [1.807, 2.05) is 32.0 Å². The van der Waals surface area contributed by atoms with Crippen molar-refractivity contribution in [3.8, 4) is 11.1 Å². The van der Waals surface area contributed by atoms with Crippen LogP contribution in [0.5, 0.6) is 0 Å². The predicted molar refractivity (Wildman–Crippen MR) is 109 cm³/mol. The number of aromatic nitrogens is 2. The van der Waals surface area contributed by atoms with Crippen LogP contribution in [0.4, 0.5) is 5.69 Å². The lowest BCUT2D eigenvalue weighted by atomic mass is 9.91. The summed E-state index contributed by atoms with van der Waals surface area (Å²) >= 11 is 6.36. The van der Waals surface area contributed by atoms with Crippen molar-refractivity contribution in [3.63, 3.8) is 0 Å². The van der Waals surface area contributed by atoms with E-state index < -0.39 is 11.5 Å². The van der Waals surface area contributed by atoms with Gasteiger partial charge in [0.05, 0.1) is 21.8 Å². The van der Waals surface area contributed by atoms with E-state index in [9.17, 15) is 9.90 Å². The highest BCUT2D eigenvalue weighted by molar-refractivity contribution is 6.34. The summed E-state index contributed by atoms with van der Waals surface area (Å²) in [7, 11) is 0. The lowest BCUT2D eigenvalue weighted by Gasteiger charge is -2.30. The molecule has 0 saturated carbocycles. The molecule has 6 nitrogen and oxygen atoms in total. The minimum absolute atomic E-state index is 0.203. The Morgan fingerprint density at radius 2 is 1.79 bits per heavy atom. The van der Waals surface area contributed by atoms with Crippen LogP contribution in [0.15, 0.2) is 59.9 Å². The van der Waals surface area contributed by atoms with Gasteiger partial charge in [-0.05, 0) is 31.5 Å². The largest absolute Gasteiger partial charge is 0.478 e. The molecule has 0 radical (unpaired) electrons. The zero-order valence-electron chi connectivity index (χ0n) is 15.3. The van der Waals surface area contributed by atoms with Crippen LogP contribution in [-0.2, 0) is 5.54 Å². The minimum atomic E-state index is -0.994. The van der Waals surface area contributed by atoms with Gasteiger partial charge in [-0.25, -0.2) is 14.8 Å². The fourth-order valence-corrected chi connectivity index (χ4v) is 3.49. The van der Waals surface area contributed by atoms with E-state index in [2.05, 4.69) is 15.3 Å². The van der Waals surface area contributed by atoms with Gasteiger partial charge in [0.25, 0.3) is 0 Å². The Labute approximate surface area is 167 Å². The van der Waals surface area contributed by atoms with E-state index in [4.69, 9.17) is 16.6 Å². The average molecular weight is 393 g/mol. The molecule has 2 aromatic carbocycles. The first kappa shape index (κ1) is 18.1. The molecule has 0 spiro atoms. The van der Waals surface area contributed by atoms with E-state index >= 15 is 0 Å². The number of nitrogens with one attached hydrogen (secondary N) is 1. The zero-order chi connectivity index (χ0) is 19.9. The molecule has 3 aromatic rings. The lowest BCUT2D eigenvalue weighted by molar-refractivity contribution is 0.0697. The van der Waals surface area contributed by atoms with Crippen LogP contribution in [0.2, 0.25) is 5.02 Å². The van der Waals surface area contributed by atoms with Crippen molar-refractivity contribution < 1.29 is 9.90 Å². The molecule has 0 saturated heterocycles. The van der Waals surface area contributed by atoms with E-state index in [-0.39, 0.29) is 5.56 Å². The molecule has 140 valence electrons. The monoisotopic (exact) mass is 392 g/mol. The van der Waals surface area contributed by atoms with Gasteiger partial charge in [-0.3, -0.25) is 4.99 Å². The topological polar surface area (TPSA) is 87.5 Å². The summed E-state index contributed by atoms with van der Waals surface area (Å²) in [5.74, 6) is -0.0649. The summed E-state index contributed by atoms with van der Waals surface area (Å²) in [6.07, 6.45) is 3.20. The molecular formula is C21H17ClN4O2. The number of fused-ring (bicyclic) bond motifs is 1. The van der Waals surface area contributed by atoms with E-state index in [1.165, 1.54) is 0 Å². The maximum Gasteiger partial charge on any atom is 0.336 e. The molecule has 0 atom stereocenters. The smallest absolute Gasteiger partial charge is 0.336 e. The van der Waals surface area contributed by atoms with Gasteiger partial charge in [0.1, 0.15) is 0 Å². The Morgan fingerprint density at radius 1 is 1.07 bits per heavy atom. The molecule has 2 heterocycles. The van der Waals surface area contributed by atoms with Gasteiger partial charge in [0.15, 0.2) is 11.7 Å². The first-order valence-electron chi connectivity index (χ1n) is 8.68. The van der Waals surface area contributed by atoms with Crippen molar-refractivity contribution in [2.24, 2.45) is 4.99 Å². The van der Waals surface area contributed by atoms with Crippen molar-refractivity contribution in [1.82, 2.24) is 9.97 Å². The summed E-state index contributed by atoms with van der Waals surface area (Å²) in [5, 5.41) is 13.2. The number of aliphatic imine (C=N–C) groups is 1. The van der Waals surface area contributed by atoms with Crippen molar-refractivity contribution in [3.05, 3.63) is 76.8 Å². The van der Waals surface area contributed by atoms with Gasteiger partial charge < -0.3 is 10.4 Å². The number of benzene rings is 2. The highest BCUT2D eigenvalue weighted by atomic mass is 35.5. The highest BCUT2D eigenvalue weighted by Gasteiger charge is 2.30. The lowest BCUT2D eigenvalue weighted by Crippen LogP contribution is -2.30. The van der Waals surface area contributed by atoms with Gasteiger partial charge in [-0.1, -0.05) is 41.9 Å². The number of carbonyl (C=O) groups is 1. The molecule has 1 aliphatic heterocycles. The summed E-state index contributed by atoms with van der Waals surface area (Å²) in [5.41, 5.74) is 2.69. The molecule has 0 fully saturated rings. The van der Waals surface area contributed by atoms with Crippen LogP contribution < -0.4 is 5.32 Å². The van der Waals surface area contributed by atoms with Crippen LogP contribution in [0.3, 0.4) is 0 Å². The fraction of sp³-hybridized carbons (Fsp3) is 0.143. The number of halogens is 1.